The molecule has 140 valence electrons. The lowest BCUT2D eigenvalue weighted by Gasteiger charge is -2.15. The third kappa shape index (κ3) is 4.91. The largest absolute Gasteiger partial charge is 0.335 e. The van der Waals surface area contributed by atoms with Gasteiger partial charge in [0.25, 0.3) is 0 Å². The minimum Gasteiger partial charge on any atom is -0.335 e. The van der Waals surface area contributed by atoms with Gasteiger partial charge in [0.2, 0.25) is 0 Å². The van der Waals surface area contributed by atoms with Crippen LogP contribution in [0.15, 0.2) is 42.6 Å². The first-order valence-corrected chi connectivity index (χ1v) is 9.05. The molecule has 3 rings (SSSR count). The molecule has 27 heavy (non-hydrogen) atoms. The van der Waals surface area contributed by atoms with Crippen molar-refractivity contribution in [2.75, 3.05) is 5.32 Å². The number of aromatic nitrogens is 4. The zero-order chi connectivity index (χ0) is 19.2. The number of amides is 2. The Hall–Kier alpha value is -3.22. The Morgan fingerprint density at radius 1 is 1.26 bits per heavy atom. The van der Waals surface area contributed by atoms with Gasteiger partial charge in [0.15, 0.2) is 5.82 Å². The molecule has 0 saturated heterocycles. The molecule has 7 heteroatoms. The van der Waals surface area contributed by atoms with Gasteiger partial charge in [-0.2, -0.15) is 5.10 Å². The molecular weight excluding hydrogens is 340 g/mol. The van der Waals surface area contributed by atoms with Crippen LogP contribution in [0, 0.1) is 6.92 Å². The van der Waals surface area contributed by atoms with E-state index in [1.807, 2.05) is 57.2 Å². The number of anilines is 1. The maximum atomic E-state index is 12.3. The summed E-state index contributed by atoms with van der Waals surface area (Å²) >= 11 is 0. The number of carbonyl (C=O) groups excluding carboxylic acids is 1. The predicted octanol–water partition coefficient (Wildman–Crippen LogP) is 3.49. The summed E-state index contributed by atoms with van der Waals surface area (Å²) in [5.41, 5.74) is 3.65. The Morgan fingerprint density at radius 2 is 2.11 bits per heavy atom. The SMILES string of the molecule is CCc1nc(-c2cccc(NC(=O)NC(C)Cc3ncccc3C)c2)n[nH]1. The lowest BCUT2D eigenvalue weighted by molar-refractivity contribution is 0.249. The van der Waals surface area contributed by atoms with Crippen molar-refractivity contribution in [1.82, 2.24) is 25.5 Å². The first-order valence-electron chi connectivity index (χ1n) is 9.05. The maximum Gasteiger partial charge on any atom is 0.319 e. The van der Waals surface area contributed by atoms with Crippen LogP contribution < -0.4 is 10.6 Å². The molecule has 0 radical (unpaired) electrons. The Kier molecular flexibility index (Phi) is 5.80. The van der Waals surface area contributed by atoms with Gasteiger partial charge in [0.1, 0.15) is 5.82 Å². The van der Waals surface area contributed by atoms with E-state index in [0.717, 1.165) is 29.1 Å². The topological polar surface area (TPSA) is 95.6 Å². The summed E-state index contributed by atoms with van der Waals surface area (Å²) in [6, 6.07) is 11.1. The van der Waals surface area contributed by atoms with E-state index in [-0.39, 0.29) is 12.1 Å². The normalized spacial score (nSPS) is 11.8. The summed E-state index contributed by atoms with van der Waals surface area (Å²) in [6.07, 6.45) is 3.24. The van der Waals surface area contributed by atoms with Crippen molar-refractivity contribution in [1.29, 1.82) is 0 Å². The van der Waals surface area contributed by atoms with Crippen molar-refractivity contribution in [2.24, 2.45) is 0 Å². The monoisotopic (exact) mass is 364 g/mol. The molecule has 7 nitrogen and oxygen atoms in total. The number of carbonyl (C=O) groups is 1. The number of aromatic amines is 1. The van der Waals surface area contributed by atoms with Crippen LogP contribution >= 0.6 is 0 Å². The summed E-state index contributed by atoms with van der Waals surface area (Å²) in [4.78, 5) is 21.1. The van der Waals surface area contributed by atoms with Crippen LogP contribution in [-0.2, 0) is 12.8 Å². The molecule has 1 aromatic carbocycles. The lowest BCUT2D eigenvalue weighted by atomic mass is 10.1. The molecule has 0 aliphatic carbocycles. The molecule has 1 atom stereocenters. The van der Waals surface area contributed by atoms with Crippen LogP contribution in [0.3, 0.4) is 0 Å². The molecule has 0 fully saturated rings. The molecule has 1 unspecified atom stereocenters. The van der Waals surface area contributed by atoms with E-state index in [9.17, 15) is 4.79 Å². The highest BCUT2D eigenvalue weighted by Crippen LogP contribution is 2.19. The number of urea groups is 1. The predicted molar refractivity (Wildman–Crippen MR) is 105 cm³/mol. The first kappa shape index (κ1) is 18.6. The molecule has 0 aliphatic heterocycles. The zero-order valence-corrected chi connectivity index (χ0v) is 15.8. The molecule has 2 aromatic heterocycles. The van der Waals surface area contributed by atoms with Gasteiger partial charge < -0.3 is 10.6 Å². The van der Waals surface area contributed by atoms with Crippen LogP contribution in [-0.4, -0.2) is 32.2 Å². The smallest absolute Gasteiger partial charge is 0.319 e. The van der Waals surface area contributed by atoms with E-state index in [0.29, 0.717) is 17.9 Å². The van der Waals surface area contributed by atoms with Gasteiger partial charge in [-0.25, -0.2) is 9.78 Å². The standard InChI is InChI=1S/C20H24N6O/c1-4-18-24-19(26-25-18)15-8-5-9-16(12-15)23-20(27)22-14(3)11-17-13(2)7-6-10-21-17/h5-10,12,14H,4,11H2,1-3H3,(H2,22,23,27)(H,24,25,26). The van der Waals surface area contributed by atoms with Crippen molar-refractivity contribution < 1.29 is 4.79 Å². The van der Waals surface area contributed by atoms with E-state index in [1.54, 1.807) is 6.20 Å². The number of benzene rings is 1. The molecule has 3 N–H and O–H groups in total. The minimum atomic E-state index is -0.252. The number of aryl methyl sites for hydroxylation is 2. The zero-order valence-electron chi connectivity index (χ0n) is 15.8. The fraction of sp³-hybridized carbons (Fsp3) is 0.300. The van der Waals surface area contributed by atoms with Gasteiger partial charge in [-0.05, 0) is 37.6 Å². The van der Waals surface area contributed by atoms with Crippen molar-refractivity contribution in [3.63, 3.8) is 0 Å². The van der Waals surface area contributed by atoms with E-state index >= 15 is 0 Å². The van der Waals surface area contributed by atoms with Gasteiger partial charge in [-0.15, -0.1) is 0 Å². The van der Waals surface area contributed by atoms with Gasteiger partial charge in [-0.1, -0.05) is 25.1 Å². The Balaban J connectivity index is 1.60. The first-order chi connectivity index (χ1) is 13.0. The highest BCUT2D eigenvalue weighted by Gasteiger charge is 2.11. The van der Waals surface area contributed by atoms with Gasteiger partial charge in [-0.3, -0.25) is 10.1 Å². The molecule has 0 bridgehead atoms. The maximum absolute atomic E-state index is 12.3. The molecule has 3 aromatic rings. The van der Waals surface area contributed by atoms with Gasteiger partial charge >= 0.3 is 6.03 Å². The second-order valence-corrected chi connectivity index (χ2v) is 6.51. The third-order valence-corrected chi connectivity index (χ3v) is 4.24. The Bertz CT molecular complexity index is 920. The Morgan fingerprint density at radius 3 is 2.85 bits per heavy atom. The third-order valence-electron chi connectivity index (χ3n) is 4.24. The average Bonchev–Trinajstić information content (AvgIpc) is 3.13. The van der Waals surface area contributed by atoms with E-state index in [4.69, 9.17) is 0 Å². The number of nitrogens with one attached hydrogen (secondary N) is 3. The van der Waals surface area contributed by atoms with E-state index < -0.39 is 0 Å². The quantitative estimate of drug-likeness (QED) is 0.624. The number of H-pyrrole nitrogens is 1. The second-order valence-electron chi connectivity index (χ2n) is 6.51. The summed E-state index contributed by atoms with van der Waals surface area (Å²) < 4.78 is 0. The van der Waals surface area contributed by atoms with Crippen LogP contribution in [0.5, 0.6) is 0 Å². The molecule has 0 saturated carbocycles. The number of hydrogen-bond acceptors (Lipinski definition) is 4. The average molecular weight is 364 g/mol. The summed E-state index contributed by atoms with van der Waals surface area (Å²) in [7, 11) is 0. The van der Waals surface area contributed by atoms with Gasteiger partial charge in [0.05, 0.1) is 0 Å². The van der Waals surface area contributed by atoms with Crippen molar-refractivity contribution in [2.45, 2.75) is 39.7 Å². The molecule has 2 heterocycles. The number of pyridine rings is 1. The molecule has 0 spiro atoms. The van der Waals surface area contributed by atoms with Crippen molar-refractivity contribution >= 4 is 11.7 Å². The summed E-state index contributed by atoms with van der Waals surface area (Å²) in [5.74, 6) is 1.45. The van der Waals surface area contributed by atoms with Crippen LogP contribution in [0.2, 0.25) is 0 Å². The van der Waals surface area contributed by atoms with Crippen LogP contribution in [0.25, 0.3) is 11.4 Å². The highest BCUT2D eigenvalue weighted by molar-refractivity contribution is 5.90. The molecule has 2 amide bonds. The van der Waals surface area contributed by atoms with Crippen molar-refractivity contribution in [3.8, 4) is 11.4 Å². The van der Waals surface area contributed by atoms with E-state index in [1.165, 1.54) is 0 Å². The van der Waals surface area contributed by atoms with Crippen LogP contribution in [0.4, 0.5) is 10.5 Å². The second kappa shape index (κ2) is 8.44. The lowest BCUT2D eigenvalue weighted by Crippen LogP contribution is -2.37. The number of hydrogen-bond donors (Lipinski definition) is 3. The number of rotatable bonds is 6. The summed E-state index contributed by atoms with van der Waals surface area (Å²) in [5, 5.41) is 12.9. The molecule has 0 aliphatic rings. The fourth-order valence-electron chi connectivity index (χ4n) is 2.78. The minimum absolute atomic E-state index is 0.0399. The number of nitrogens with zero attached hydrogens (tertiary/aromatic N) is 3. The fourth-order valence-corrected chi connectivity index (χ4v) is 2.78. The van der Waals surface area contributed by atoms with Crippen molar-refractivity contribution in [3.05, 3.63) is 59.7 Å². The van der Waals surface area contributed by atoms with Gasteiger partial charge in [0, 0.05) is 42.0 Å². The van der Waals surface area contributed by atoms with E-state index in [2.05, 4.69) is 30.8 Å². The van der Waals surface area contributed by atoms with Crippen LogP contribution in [0.1, 0.15) is 30.9 Å². The highest BCUT2D eigenvalue weighted by atomic mass is 16.2. The Labute approximate surface area is 158 Å². The molecular formula is C20H24N6O. The summed E-state index contributed by atoms with van der Waals surface area (Å²) in [6.45, 7) is 6.00.